The highest BCUT2D eigenvalue weighted by molar-refractivity contribution is 7.97. The predicted octanol–water partition coefficient (Wildman–Crippen LogP) is 5.77. The second-order valence-corrected chi connectivity index (χ2v) is 12.7. The summed E-state index contributed by atoms with van der Waals surface area (Å²) >= 11 is 1.68. The molecule has 1 amide bonds. The van der Waals surface area contributed by atoms with Crippen LogP contribution < -0.4 is 10.1 Å². The number of hydrogen-bond donors (Lipinski definition) is 2. The number of ether oxygens (including phenoxy) is 2. The van der Waals surface area contributed by atoms with Gasteiger partial charge in [0, 0.05) is 25.6 Å². The highest BCUT2D eigenvalue weighted by Crippen LogP contribution is 2.36. The highest BCUT2D eigenvalue weighted by Gasteiger charge is 2.22. The van der Waals surface area contributed by atoms with Crippen LogP contribution in [0.1, 0.15) is 55.4 Å². The first-order valence-corrected chi connectivity index (χ1v) is 15.1. The van der Waals surface area contributed by atoms with Crippen LogP contribution in [0.3, 0.4) is 0 Å². The zero-order valence-corrected chi connectivity index (χ0v) is 25.7. The van der Waals surface area contributed by atoms with Crippen LogP contribution in [-0.4, -0.2) is 61.8 Å². The van der Waals surface area contributed by atoms with E-state index in [2.05, 4.69) is 45.1 Å². The van der Waals surface area contributed by atoms with Crippen LogP contribution >= 0.6 is 11.9 Å². The van der Waals surface area contributed by atoms with E-state index in [1.54, 1.807) is 16.6 Å². The number of nitrogens with one attached hydrogen (secondary N) is 1. The molecule has 226 valence electrons. The Labute approximate surface area is 255 Å². The van der Waals surface area contributed by atoms with Crippen molar-refractivity contribution in [2.75, 3.05) is 19.7 Å². The number of rotatable bonds is 9. The molecule has 0 bridgehead atoms. The molecule has 1 unspecified atom stereocenters. The van der Waals surface area contributed by atoms with E-state index < -0.39 is 17.7 Å². The van der Waals surface area contributed by atoms with E-state index in [1.165, 1.54) is 0 Å². The molecule has 1 aliphatic rings. The smallest absolute Gasteiger partial charge is 0.407 e. The van der Waals surface area contributed by atoms with Crippen LogP contribution in [-0.2, 0) is 22.6 Å². The van der Waals surface area contributed by atoms with Crippen LogP contribution in [0.25, 0.3) is 11.0 Å². The number of carbonyl (C=O) groups is 2. The number of fused-ring (bicyclic) bond motifs is 2. The SMILES string of the molecule is Cc1ccc(C(CC(=O)O)c2ccc3c(c2)nnn3CCNC(=O)OC(C)(C)C)cc1CN1CCOc2ccccc2S1. The Kier molecular flexibility index (Phi) is 9.22. The summed E-state index contributed by atoms with van der Waals surface area (Å²) in [5.74, 6) is -0.337. The first-order valence-electron chi connectivity index (χ1n) is 14.3. The molecule has 1 aromatic heterocycles. The van der Waals surface area contributed by atoms with E-state index >= 15 is 0 Å². The van der Waals surface area contributed by atoms with Gasteiger partial charge in [0.05, 0.1) is 23.4 Å². The van der Waals surface area contributed by atoms with Gasteiger partial charge in [-0.25, -0.2) is 13.8 Å². The van der Waals surface area contributed by atoms with Gasteiger partial charge in [0.25, 0.3) is 0 Å². The van der Waals surface area contributed by atoms with Gasteiger partial charge in [0.1, 0.15) is 23.5 Å². The number of alkyl carbamates (subject to hydrolysis) is 1. The molecule has 3 aromatic carbocycles. The normalized spacial score (nSPS) is 14.4. The van der Waals surface area contributed by atoms with Crippen LogP contribution in [0.4, 0.5) is 4.79 Å². The summed E-state index contributed by atoms with van der Waals surface area (Å²) < 4.78 is 15.2. The summed E-state index contributed by atoms with van der Waals surface area (Å²) in [7, 11) is 0. The Hall–Kier alpha value is -4.09. The lowest BCUT2D eigenvalue weighted by Crippen LogP contribution is -2.34. The first kappa shape index (κ1) is 30.4. The molecule has 0 saturated heterocycles. The molecule has 11 heteroatoms. The van der Waals surface area contributed by atoms with Gasteiger partial charge in [-0.2, -0.15) is 0 Å². The van der Waals surface area contributed by atoms with Crippen molar-refractivity contribution in [1.29, 1.82) is 0 Å². The summed E-state index contributed by atoms with van der Waals surface area (Å²) in [4.78, 5) is 25.1. The van der Waals surface area contributed by atoms with Gasteiger partial charge in [-0.3, -0.25) is 4.79 Å². The average molecular weight is 604 g/mol. The summed E-state index contributed by atoms with van der Waals surface area (Å²) in [5, 5.41) is 21.2. The van der Waals surface area contributed by atoms with E-state index in [1.807, 2.05) is 63.2 Å². The minimum atomic E-state index is -0.874. The molecule has 0 spiro atoms. The van der Waals surface area contributed by atoms with Crippen molar-refractivity contribution >= 4 is 35.0 Å². The molecular weight excluding hydrogens is 566 g/mol. The largest absolute Gasteiger partial charge is 0.491 e. The minimum absolute atomic E-state index is 0.0539. The fourth-order valence-electron chi connectivity index (χ4n) is 5.02. The van der Waals surface area contributed by atoms with E-state index in [-0.39, 0.29) is 12.3 Å². The molecule has 1 atom stereocenters. The molecule has 43 heavy (non-hydrogen) atoms. The van der Waals surface area contributed by atoms with Crippen molar-refractivity contribution in [2.24, 2.45) is 0 Å². The van der Waals surface area contributed by atoms with E-state index in [9.17, 15) is 14.7 Å². The molecule has 0 radical (unpaired) electrons. The van der Waals surface area contributed by atoms with Gasteiger partial charge in [-0.05, 0) is 86.2 Å². The van der Waals surface area contributed by atoms with Gasteiger partial charge < -0.3 is 19.9 Å². The molecule has 2 N–H and O–H groups in total. The molecule has 4 aromatic rings. The maximum absolute atomic E-state index is 12.0. The summed E-state index contributed by atoms with van der Waals surface area (Å²) in [6, 6.07) is 20.0. The van der Waals surface area contributed by atoms with Crippen molar-refractivity contribution in [2.45, 2.75) is 63.6 Å². The Morgan fingerprint density at radius 1 is 1.12 bits per heavy atom. The molecule has 0 aliphatic carbocycles. The van der Waals surface area contributed by atoms with Gasteiger partial charge in [-0.15, -0.1) is 5.10 Å². The lowest BCUT2D eigenvalue weighted by Gasteiger charge is -2.22. The number of carboxylic acids is 1. The maximum Gasteiger partial charge on any atom is 0.407 e. The number of aromatic nitrogens is 3. The minimum Gasteiger partial charge on any atom is -0.491 e. The van der Waals surface area contributed by atoms with Crippen molar-refractivity contribution in [3.63, 3.8) is 0 Å². The number of carbonyl (C=O) groups excluding carboxylic acids is 1. The fraction of sp³-hybridized carbons (Fsp3) is 0.375. The predicted molar refractivity (Wildman–Crippen MR) is 165 cm³/mol. The Morgan fingerprint density at radius 2 is 1.88 bits per heavy atom. The highest BCUT2D eigenvalue weighted by atomic mass is 32.2. The second kappa shape index (κ2) is 13.0. The van der Waals surface area contributed by atoms with Gasteiger partial charge >= 0.3 is 12.1 Å². The molecule has 0 saturated carbocycles. The first-order chi connectivity index (χ1) is 20.6. The van der Waals surface area contributed by atoms with E-state index in [0.717, 1.165) is 45.0 Å². The Bertz CT molecular complexity index is 1620. The monoisotopic (exact) mass is 603 g/mol. The number of benzene rings is 3. The maximum atomic E-state index is 12.0. The van der Waals surface area contributed by atoms with Crippen molar-refractivity contribution < 1.29 is 24.2 Å². The number of aliphatic carboxylic acids is 1. The zero-order chi connectivity index (χ0) is 30.6. The lowest BCUT2D eigenvalue weighted by atomic mass is 9.86. The summed E-state index contributed by atoms with van der Waals surface area (Å²) in [6.07, 6.45) is -0.539. The third kappa shape index (κ3) is 7.85. The number of hydrogen-bond acceptors (Lipinski definition) is 8. The number of para-hydroxylation sites is 1. The van der Waals surface area contributed by atoms with E-state index in [4.69, 9.17) is 9.47 Å². The summed E-state index contributed by atoms with van der Waals surface area (Å²) in [5.41, 5.74) is 4.98. The third-order valence-corrected chi connectivity index (χ3v) is 8.21. The Morgan fingerprint density at radius 3 is 2.67 bits per heavy atom. The number of nitrogens with zero attached hydrogens (tertiary/aromatic N) is 4. The van der Waals surface area contributed by atoms with Crippen molar-refractivity contribution in [3.8, 4) is 5.75 Å². The van der Waals surface area contributed by atoms with Crippen LogP contribution in [0, 0.1) is 6.92 Å². The molecular formula is C32H37N5O5S. The summed E-state index contributed by atoms with van der Waals surface area (Å²) in [6.45, 7) is 10.3. The van der Waals surface area contributed by atoms with Crippen LogP contribution in [0.2, 0.25) is 0 Å². The fourth-order valence-corrected chi connectivity index (χ4v) is 6.02. The van der Waals surface area contributed by atoms with Crippen molar-refractivity contribution in [3.05, 3.63) is 82.9 Å². The van der Waals surface area contributed by atoms with E-state index in [0.29, 0.717) is 31.8 Å². The molecule has 5 rings (SSSR count). The number of carboxylic acid groups (broad SMARTS) is 1. The van der Waals surface area contributed by atoms with Crippen LogP contribution in [0.15, 0.2) is 65.6 Å². The molecule has 10 nitrogen and oxygen atoms in total. The quantitative estimate of drug-likeness (QED) is 0.230. The molecule has 1 aliphatic heterocycles. The third-order valence-electron chi connectivity index (χ3n) is 7.11. The standard InChI is InChI=1S/C32H37N5O5S/c1-21-9-10-22(17-24(21)20-36-15-16-41-28-7-5-6-8-29(28)43-36)25(19-30(38)39)23-11-12-27-26(18-23)34-35-37(27)14-13-33-31(40)42-32(2,3)4/h5-12,17-18,25H,13-16,19-20H2,1-4H3,(H,33,40)(H,38,39). The zero-order valence-electron chi connectivity index (χ0n) is 24.9. The van der Waals surface area contributed by atoms with Gasteiger partial charge in [0.2, 0.25) is 0 Å². The van der Waals surface area contributed by atoms with Gasteiger partial charge in [-0.1, -0.05) is 41.6 Å². The van der Waals surface area contributed by atoms with Gasteiger partial charge in [0.15, 0.2) is 0 Å². The topological polar surface area (TPSA) is 119 Å². The average Bonchev–Trinajstić information content (AvgIpc) is 3.22. The number of aryl methyl sites for hydroxylation is 1. The van der Waals surface area contributed by atoms with Crippen molar-refractivity contribution in [1.82, 2.24) is 24.6 Å². The lowest BCUT2D eigenvalue weighted by molar-refractivity contribution is -0.137. The second-order valence-electron chi connectivity index (χ2n) is 11.6. The molecule has 2 heterocycles. The van der Waals surface area contributed by atoms with Crippen LogP contribution in [0.5, 0.6) is 5.75 Å². The molecule has 0 fully saturated rings. The Balaban J connectivity index is 1.34. The number of amides is 1.